The number of anilines is 1. The zero-order valence-electron chi connectivity index (χ0n) is 13.8. The van der Waals surface area contributed by atoms with Gasteiger partial charge in [-0.1, -0.05) is 24.3 Å². The first-order valence-corrected chi connectivity index (χ1v) is 7.67. The molecule has 0 saturated heterocycles. The molecule has 3 rings (SSSR count). The van der Waals surface area contributed by atoms with Gasteiger partial charge in [0.25, 0.3) is 5.91 Å². The molecule has 0 spiro atoms. The van der Waals surface area contributed by atoms with Crippen molar-refractivity contribution in [2.24, 2.45) is 0 Å². The molecule has 1 N–H and O–H groups in total. The second-order valence-corrected chi connectivity index (χ2v) is 5.64. The number of ether oxygens (including phenoxy) is 1. The van der Waals surface area contributed by atoms with Gasteiger partial charge in [-0.25, -0.2) is 9.18 Å². The number of amides is 1. The summed E-state index contributed by atoms with van der Waals surface area (Å²) < 4.78 is 23.7. The van der Waals surface area contributed by atoms with E-state index >= 15 is 0 Å². The van der Waals surface area contributed by atoms with Crippen LogP contribution in [0.4, 0.5) is 10.1 Å². The van der Waals surface area contributed by atoms with E-state index in [9.17, 15) is 14.0 Å². The molecule has 0 atom stereocenters. The van der Waals surface area contributed by atoms with Gasteiger partial charge in [-0.05, 0) is 37.6 Å². The lowest BCUT2D eigenvalue weighted by molar-refractivity contribution is -0.119. The molecule has 0 aliphatic rings. The molecule has 5 nitrogen and oxygen atoms in total. The SMILES string of the molecule is Cc1ccc(F)cc1NC(=O)COC(=O)c1oc2ccccc2c1C. The number of furan rings is 1. The van der Waals surface area contributed by atoms with Gasteiger partial charge in [0.15, 0.2) is 6.61 Å². The summed E-state index contributed by atoms with van der Waals surface area (Å²) in [4.78, 5) is 24.1. The van der Waals surface area contributed by atoms with Crippen LogP contribution in [0.3, 0.4) is 0 Å². The normalized spacial score (nSPS) is 10.7. The average Bonchev–Trinajstić information content (AvgIpc) is 2.93. The molecule has 0 aliphatic carbocycles. The van der Waals surface area contributed by atoms with Crippen LogP contribution in [0.15, 0.2) is 46.9 Å². The molecule has 1 amide bonds. The standard InChI is InChI=1S/C19H16FNO4/c1-11-7-8-13(20)9-15(11)21-17(22)10-24-19(23)18-12(2)14-5-3-4-6-16(14)25-18/h3-9H,10H2,1-2H3,(H,21,22). The molecule has 25 heavy (non-hydrogen) atoms. The van der Waals surface area contributed by atoms with Crippen LogP contribution in [-0.2, 0) is 9.53 Å². The summed E-state index contributed by atoms with van der Waals surface area (Å²) in [6.45, 7) is 2.99. The minimum atomic E-state index is -0.722. The number of hydrogen-bond acceptors (Lipinski definition) is 4. The molecular formula is C19H16FNO4. The molecule has 0 aliphatic heterocycles. The second kappa shape index (κ2) is 6.76. The Kier molecular flexibility index (Phi) is 4.52. The van der Waals surface area contributed by atoms with Crippen LogP contribution in [0.5, 0.6) is 0 Å². The van der Waals surface area contributed by atoms with Crippen LogP contribution < -0.4 is 5.32 Å². The summed E-state index contributed by atoms with van der Waals surface area (Å²) in [7, 11) is 0. The zero-order valence-corrected chi connectivity index (χ0v) is 13.8. The smallest absolute Gasteiger partial charge is 0.375 e. The van der Waals surface area contributed by atoms with Crippen molar-refractivity contribution >= 4 is 28.5 Å². The predicted octanol–water partition coefficient (Wildman–Crippen LogP) is 3.98. The molecular weight excluding hydrogens is 325 g/mol. The van der Waals surface area contributed by atoms with E-state index in [4.69, 9.17) is 9.15 Å². The summed E-state index contributed by atoms with van der Waals surface area (Å²) in [5, 5.41) is 3.33. The molecule has 128 valence electrons. The molecule has 0 fully saturated rings. The minimum absolute atomic E-state index is 0.0657. The lowest BCUT2D eigenvalue weighted by Gasteiger charge is -2.08. The van der Waals surface area contributed by atoms with Gasteiger partial charge in [-0.3, -0.25) is 4.79 Å². The van der Waals surface area contributed by atoms with Gasteiger partial charge in [0.1, 0.15) is 11.4 Å². The number of halogens is 1. The summed E-state index contributed by atoms with van der Waals surface area (Å²) >= 11 is 0. The van der Waals surface area contributed by atoms with Crippen molar-refractivity contribution in [2.75, 3.05) is 11.9 Å². The predicted molar refractivity (Wildman–Crippen MR) is 91.0 cm³/mol. The van der Waals surface area contributed by atoms with E-state index in [0.717, 1.165) is 5.39 Å². The number of aryl methyl sites for hydroxylation is 2. The van der Waals surface area contributed by atoms with Gasteiger partial charge in [-0.2, -0.15) is 0 Å². The molecule has 0 unspecified atom stereocenters. The Labute approximate surface area is 143 Å². The highest BCUT2D eigenvalue weighted by atomic mass is 19.1. The molecule has 0 bridgehead atoms. The Morgan fingerprint density at radius 2 is 1.92 bits per heavy atom. The summed E-state index contributed by atoms with van der Waals surface area (Å²) in [5.74, 6) is -1.68. The Morgan fingerprint density at radius 1 is 1.16 bits per heavy atom. The first-order valence-electron chi connectivity index (χ1n) is 7.67. The van der Waals surface area contributed by atoms with E-state index in [1.54, 1.807) is 32.0 Å². The first kappa shape index (κ1) is 16.7. The number of para-hydroxylation sites is 1. The van der Waals surface area contributed by atoms with E-state index in [-0.39, 0.29) is 5.76 Å². The number of nitrogens with one attached hydrogen (secondary N) is 1. The largest absolute Gasteiger partial charge is 0.450 e. The van der Waals surface area contributed by atoms with E-state index in [1.807, 2.05) is 12.1 Å². The van der Waals surface area contributed by atoms with Gasteiger partial charge in [-0.15, -0.1) is 0 Å². The van der Waals surface area contributed by atoms with E-state index in [2.05, 4.69) is 5.32 Å². The first-order chi connectivity index (χ1) is 12.0. The third-order valence-corrected chi connectivity index (χ3v) is 3.84. The average molecular weight is 341 g/mol. The number of carbonyl (C=O) groups excluding carboxylic acids is 2. The maximum atomic E-state index is 13.2. The van der Waals surface area contributed by atoms with E-state index < -0.39 is 24.3 Å². The summed E-state index contributed by atoms with van der Waals surface area (Å²) in [5.41, 5.74) is 2.27. The highest BCUT2D eigenvalue weighted by molar-refractivity contribution is 5.98. The minimum Gasteiger partial charge on any atom is -0.450 e. The third-order valence-electron chi connectivity index (χ3n) is 3.84. The zero-order chi connectivity index (χ0) is 18.0. The molecule has 3 aromatic rings. The number of esters is 1. The monoisotopic (exact) mass is 341 g/mol. The van der Waals surface area contributed by atoms with Crippen molar-refractivity contribution in [2.45, 2.75) is 13.8 Å². The van der Waals surface area contributed by atoms with E-state index in [0.29, 0.717) is 22.4 Å². The molecule has 0 saturated carbocycles. The van der Waals surface area contributed by atoms with Gasteiger partial charge in [0.2, 0.25) is 5.76 Å². The molecule has 1 heterocycles. The van der Waals surface area contributed by atoms with Crippen molar-refractivity contribution in [3.05, 3.63) is 65.2 Å². The van der Waals surface area contributed by atoms with Crippen LogP contribution in [-0.4, -0.2) is 18.5 Å². The Balaban J connectivity index is 1.66. The molecule has 0 radical (unpaired) electrons. The quantitative estimate of drug-likeness (QED) is 0.729. The van der Waals surface area contributed by atoms with Crippen LogP contribution in [0.25, 0.3) is 11.0 Å². The third kappa shape index (κ3) is 3.52. The van der Waals surface area contributed by atoms with Crippen LogP contribution in [0.1, 0.15) is 21.7 Å². The fourth-order valence-corrected chi connectivity index (χ4v) is 2.48. The van der Waals surface area contributed by atoms with Gasteiger partial charge < -0.3 is 14.5 Å². The fourth-order valence-electron chi connectivity index (χ4n) is 2.48. The van der Waals surface area contributed by atoms with Crippen LogP contribution in [0.2, 0.25) is 0 Å². The molecule has 2 aromatic carbocycles. The second-order valence-electron chi connectivity index (χ2n) is 5.64. The van der Waals surface area contributed by atoms with Crippen LogP contribution >= 0.6 is 0 Å². The van der Waals surface area contributed by atoms with Crippen molar-refractivity contribution in [3.8, 4) is 0 Å². The molecule has 1 aromatic heterocycles. The van der Waals surface area contributed by atoms with Crippen molar-refractivity contribution in [1.82, 2.24) is 0 Å². The lowest BCUT2D eigenvalue weighted by atomic mass is 10.1. The summed E-state index contributed by atoms with van der Waals surface area (Å²) in [6.07, 6.45) is 0. The van der Waals surface area contributed by atoms with Gasteiger partial charge in [0, 0.05) is 16.6 Å². The van der Waals surface area contributed by atoms with E-state index in [1.165, 1.54) is 12.1 Å². The fraction of sp³-hybridized carbons (Fsp3) is 0.158. The van der Waals surface area contributed by atoms with Crippen molar-refractivity contribution < 1.29 is 23.1 Å². The number of hydrogen-bond donors (Lipinski definition) is 1. The lowest BCUT2D eigenvalue weighted by Crippen LogP contribution is -2.21. The van der Waals surface area contributed by atoms with Crippen molar-refractivity contribution in [3.63, 3.8) is 0 Å². The number of benzene rings is 2. The number of fused-ring (bicyclic) bond motifs is 1. The Hall–Kier alpha value is -3.15. The number of rotatable bonds is 4. The highest BCUT2D eigenvalue weighted by Gasteiger charge is 2.20. The summed E-state index contributed by atoms with van der Waals surface area (Å²) in [6, 6.07) is 11.3. The maximum absolute atomic E-state index is 13.2. The van der Waals surface area contributed by atoms with Crippen molar-refractivity contribution in [1.29, 1.82) is 0 Å². The van der Waals surface area contributed by atoms with Crippen LogP contribution in [0, 0.1) is 19.7 Å². The Morgan fingerprint density at radius 3 is 2.68 bits per heavy atom. The van der Waals surface area contributed by atoms with Gasteiger partial charge in [0.05, 0.1) is 0 Å². The van der Waals surface area contributed by atoms with Gasteiger partial charge >= 0.3 is 5.97 Å². The Bertz CT molecular complexity index is 961. The highest BCUT2D eigenvalue weighted by Crippen LogP contribution is 2.25. The number of carbonyl (C=O) groups is 2. The molecule has 6 heteroatoms. The maximum Gasteiger partial charge on any atom is 0.375 e. The topological polar surface area (TPSA) is 68.5 Å².